The summed E-state index contributed by atoms with van der Waals surface area (Å²) in [5.41, 5.74) is 1.35. The topological polar surface area (TPSA) is 33.1 Å². The zero-order valence-electron chi connectivity index (χ0n) is 6.41. The molecule has 0 spiro atoms. The molecule has 2 heteroatoms. The lowest BCUT2D eigenvalue weighted by molar-refractivity contribution is 0.399. The summed E-state index contributed by atoms with van der Waals surface area (Å²) in [7, 11) is 1.00. The average molecular weight is 139 g/mol. The van der Waals surface area contributed by atoms with Crippen LogP contribution in [0.15, 0.2) is 24.5 Å². The van der Waals surface area contributed by atoms with E-state index in [1.807, 2.05) is 24.5 Å². The smallest absolute Gasteiger partial charge is 0.0319 e. The van der Waals surface area contributed by atoms with Crippen molar-refractivity contribution in [2.45, 2.75) is 13.3 Å². The summed E-state index contributed by atoms with van der Waals surface area (Å²) < 4.78 is 0. The quantitative estimate of drug-likeness (QED) is 0.635. The molecule has 0 amide bonds. The van der Waals surface area contributed by atoms with Gasteiger partial charge in [-0.15, -0.1) is 0 Å². The summed E-state index contributed by atoms with van der Waals surface area (Å²) in [5, 5.41) is 7.00. The fourth-order valence-electron chi connectivity index (χ4n) is 0.618. The maximum Gasteiger partial charge on any atom is 0.0319 e. The van der Waals surface area contributed by atoms with Crippen molar-refractivity contribution in [2.24, 2.45) is 0 Å². The van der Waals surface area contributed by atoms with E-state index in [0.717, 1.165) is 13.5 Å². The van der Waals surface area contributed by atoms with Crippen LogP contribution in [0, 0.1) is 0 Å². The highest BCUT2D eigenvalue weighted by Crippen LogP contribution is 1.94. The molecule has 0 saturated carbocycles. The number of hydrogen-bond donors (Lipinski definition) is 1. The number of aliphatic hydroxyl groups is 1. The second kappa shape index (κ2) is 6.23. The van der Waals surface area contributed by atoms with E-state index in [1.165, 1.54) is 5.56 Å². The van der Waals surface area contributed by atoms with Crippen LogP contribution in [0.2, 0.25) is 0 Å². The van der Waals surface area contributed by atoms with Gasteiger partial charge in [-0.2, -0.15) is 0 Å². The number of aliphatic hydroxyl groups excluding tert-OH is 1. The van der Waals surface area contributed by atoms with Gasteiger partial charge in [-0.05, 0) is 24.1 Å². The lowest BCUT2D eigenvalue weighted by Gasteiger charge is -1.89. The van der Waals surface area contributed by atoms with Gasteiger partial charge in [0.1, 0.15) is 0 Å². The van der Waals surface area contributed by atoms with Gasteiger partial charge in [0.05, 0.1) is 0 Å². The van der Waals surface area contributed by atoms with Crippen LogP contribution in [0.4, 0.5) is 0 Å². The Morgan fingerprint density at radius 1 is 1.30 bits per heavy atom. The van der Waals surface area contributed by atoms with Gasteiger partial charge in [0, 0.05) is 19.5 Å². The van der Waals surface area contributed by atoms with Crippen LogP contribution in [0.5, 0.6) is 0 Å². The zero-order valence-corrected chi connectivity index (χ0v) is 6.41. The van der Waals surface area contributed by atoms with Crippen molar-refractivity contribution < 1.29 is 5.11 Å². The van der Waals surface area contributed by atoms with Gasteiger partial charge in [-0.1, -0.05) is 6.92 Å². The van der Waals surface area contributed by atoms with E-state index >= 15 is 0 Å². The minimum atomic E-state index is 1.00. The van der Waals surface area contributed by atoms with Crippen LogP contribution >= 0.6 is 0 Å². The molecule has 1 rings (SSSR count). The molecule has 0 atom stereocenters. The lowest BCUT2D eigenvalue weighted by atomic mass is 10.2. The first-order chi connectivity index (χ1) is 4.93. The first kappa shape index (κ1) is 9.11. The van der Waals surface area contributed by atoms with Crippen LogP contribution in [-0.2, 0) is 6.42 Å². The molecule has 1 N–H and O–H groups in total. The summed E-state index contributed by atoms with van der Waals surface area (Å²) in [6.45, 7) is 2.13. The predicted octanol–water partition coefficient (Wildman–Crippen LogP) is 1.25. The molecule has 0 radical (unpaired) electrons. The van der Waals surface area contributed by atoms with Gasteiger partial charge in [0.15, 0.2) is 0 Å². The second-order valence-electron chi connectivity index (χ2n) is 1.71. The molecule has 0 fully saturated rings. The number of hydrogen-bond acceptors (Lipinski definition) is 2. The molecule has 0 aliphatic carbocycles. The standard InChI is InChI=1S/C7H9N.CH4O/c1-2-7-3-5-8-6-4-7;1-2/h3-6H,2H2,1H3;2H,1H3. The Kier molecular flexibility index (Phi) is 5.68. The van der Waals surface area contributed by atoms with E-state index < -0.39 is 0 Å². The van der Waals surface area contributed by atoms with Crippen LogP contribution in [0.1, 0.15) is 12.5 Å². The molecule has 0 bridgehead atoms. The molecule has 0 unspecified atom stereocenters. The number of pyridine rings is 1. The third-order valence-corrected chi connectivity index (χ3v) is 1.16. The Morgan fingerprint density at radius 2 is 1.80 bits per heavy atom. The first-order valence-corrected chi connectivity index (χ1v) is 3.27. The largest absolute Gasteiger partial charge is 0.400 e. The van der Waals surface area contributed by atoms with Gasteiger partial charge in [0.2, 0.25) is 0 Å². The average Bonchev–Trinajstić information content (AvgIpc) is 2.10. The Hall–Kier alpha value is -0.890. The second-order valence-corrected chi connectivity index (χ2v) is 1.71. The number of aromatic nitrogens is 1. The Balaban J connectivity index is 0.000000371. The predicted molar refractivity (Wildman–Crippen MR) is 41.8 cm³/mol. The molecule has 10 heavy (non-hydrogen) atoms. The number of rotatable bonds is 1. The lowest BCUT2D eigenvalue weighted by Crippen LogP contribution is -1.76. The van der Waals surface area contributed by atoms with E-state index in [4.69, 9.17) is 5.11 Å². The molecular weight excluding hydrogens is 126 g/mol. The SMILES string of the molecule is CCc1ccncc1.CO. The van der Waals surface area contributed by atoms with E-state index in [1.54, 1.807) is 0 Å². The Morgan fingerprint density at radius 3 is 2.10 bits per heavy atom. The molecule has 0 aromatic carbocycles. The summed E-state index contributed by atoms with van der Waals surface area (Å²) in [4.78, 5) is 3.89. The molecule has 1 heterocycles. The maximum absolute atomic E-state index is 7.00. The third kappa shape index (κ3) is 3.20. The summed E-state index contributed by atoms with van der Waals surface area (Å²) in [6.07, 6.45) is 4.74. The van der Waals surface area contributed by atoms with Crippen LogP contribution in [0.25, 0.3) is 0 Å². The third-order valence-electron chi connectivity index (χ3n) is 1.16. The fraction of sp³-hybridized carbons (Fsp3) is 0.375. The van der Waals surface area contributed by atoms with Crippen LogP contribution in [-0.4, -0.2) is 17.2 Å². The normalized spacial score (nSPS) is 7.90. The van der Waals surface area contributed by atoms with E-state index in [2.05, 4.69) is 11.9 Å². The van der Waals surface area contributed by atoms with E-state index in [9.17, 15) is 0 Å². The molecule has 0 saturated heterocycles. The van der Waals surface area contributed by atoms with Gasteiger partial charge in [0.25, 0.3) is 0 Å². The Bertz CT molecular complexity index is 151. The monoisotopic (exact) mass is 139 g/mol. The van der Waals surface area contributed by atoms with Crippen molar-refractivity contribution in [3.63, 3.8) is 0 Å². The minimum Gasteiger partial charge on any atom is -0.400 e. The van der Waals surface area contributed by atoms with Gasteiger partial charge < -0.3 is 5.11 Å². The number of aryl methyl sites for hydroxylation is 1. The van der Waals surface area contributed by atoms with E-state index in [0.29, 0.717) is 0 Å². The van der Waals surface area contributed by atoms with Crippen molar-refractivity contribution in [1.82, 2.24) is 4.98 Å². The first-order valence-electron chi connectivity index (χ1n) is 3.27. The van der Waals surface area contributed by atoms with Crippen molar-refractivity contribution >= 4 is 0 Å². The summed E-state index contributed by atoms with van der Waals surface area (Å²) in [6, 6.07) is 4.06. The van der Waals surface area contributed by atoms with Crippen LogP contribution in [0.3, 0.4) is 0 Å². The van der Waals surface area contributed by atoms with E-state index in [-0.39, 0.29) is 0 Å². The summed E-state index contributed by atoms with van der Waals surface area (Å²) >= 11 is 0. The Labute approximate surface area is 61.5 Å². The highest BCUT2D eigenvalue weighted by Gasteiger charge is 1.80. The van der Waals surface area contributed by atoms with Crippen LogP contribution < -0.4 is 0 Å². The van der Waals surface area contributed by atoms with Crippen molar-refractivity contribution in [3.8, 4) is 0 Å². The summed E-state index contributed by atoms with van der Waals surface area (Å²) in [5.74, 6) is 0. The van der Waals surface area contributed by atoms with Crippen molar-refractivity contribution in [1.29, 1.82) is 0 Å². The molecule has 0 aliphatic rings. The highest BCUT2D eigenvalue weighted by molar-refractivity contribution is 5.08. The molecule has 56 valence electrons. The molecular formula is C8H13NO. The van der Waals surface area contributed by atoms with Gasteiger partial charge >= 0.3 is 0 Å². The highest BCUT2D eigenvalue weighted by atomic mass is 16.2. The maximum atomic E-state index is 7.00. The fourth-order valence-corrected chi connectivity index (χ4v) is 0.618. The van der Waals surface area contributed by atoms with Gasteiger partial charge in [-0.3, -0.25) is 4.98 Å². The molecule has 2 nitrogen and oxygen atoms in total. The number of nitrogens with zero attached hydrogens (tertiary/aromatic N) is 1. The van der Waals surface area contributed by atoms with Crippen molar-refractivity contribution in [2.75, 3.05) is 7.11 Å². The molecule has 0 aliphatic heterocycles. The van der Waals surface area contributed by atoms with Crippen molar-refractivity contribution in [3.05, 3.63) is 30.1 Å². The molecule has 1 aromatic rings. The zero-order chi connectivity index (χ0) is 7.82. The molecule has 1 aromatic heterocycles. The van der Waals surface area contributed by atoms with Gasteiger partial charge in [-0.25, -0.2) is 0 Å². The minimum absolute atomic E-state index is 1.00.